The summed E-state index contributed by atoms with van der Waals surface area (Å²) in [5, 5.41) is 19.4. The number of nitro benzene ring substituents is 1. The molecule has 0 bridgehead atoms. The average Bonchev–Trinajstić information content (AvgIpc) is 3.33. The Bertz CT molecular complexity index is 1450. The number of nitrogens with one attached hydrogen (secondary N) is 1. The highest BCUT2D eigenvalue weighted by Crippen LogP contribution is 2.37. The molecule has 1 aliphatic heterocycles. The van der Waals surface area contributed by atoms with Crippen molar-refractivity contribution in [3.05, 3.63) is 52.6 Å². The molecule has 10 nitrogen and oxygen atoms in total. The van der Waals surface area contributed by atoms with Crippen molar-refractivity contribution in [2.24, 2.45) is 5.92 Å². The number of aromatic amines is 1. The van der Waals surface area contributed by atoms with Gasteiger partial charge in [-0.3, -0.25) is 14.5 Å². The second kappa shape index (κ2) is 7.87. The highest BCUT2D eigenvalue weighted by atomic mass is 32.2. The van der Waals surface area contributed by atoms with Crippen LogP contribution in [0.5, 0.6) is 0 Å². The van der Waals surface area contributed by atoms with Gasteiger partial charge in [0.1, 0.15) is 0 Å². The number of hydrogen-bond donors (Lipinski definition) is 1. The van der Waals surface area contributed by atoms with Crippen LogP contribution in [0.15, 0.2) is 57.4 Å². The number of piperidine rings is 1. The summed E-state index contributed by atoms with van der Waals surface area (Å²) in [6.07, 6.45) is 1.76. The predicted octanol–water partition coefficient (Wildman–Crippen LogP) is 3.69. The number of para-hydroxylation sites is 2. The zero-order valence-electron chi connectivity index (χ0n) is 17.1. The Balaban J connectivity index is 1.53. The Hall–Kier alpha value is -2.96. The molecule has 1 aliphatic rings. The normalized spacial score (nSPS) is 17.8. The number of nitrogens with zero attached hydrogens (tertiary/aromatic N) is 5. The third-order valence-electron chi connectivity index (χ3n) is 5.59. The molecule has 3 heterocycles. The standard InChI is InChI=1S/C20H20N6O4S2/c1-13-5-4-10-24(12-13)32(29,30)14-8-9-18(17(11-14)26(27)28)31-20-23-22-19-21-15-6-2-3-7-16(15)25(19)20/h2-3,6-9,11,13H,4-5,10,12H2,1H3,(H,21,22). The summed E-state index contributed by atoms with van der Waals surface area (Å²) < 4.78 is 29.4. The highest BCUT2D eigenvalue weighted by Gasteiger charge is 2.31. The summed E-state index contributed by atoms with van der Waals surface area (Å²) >= 11 is 1.08. The fraction of sp³-hybridized carbons (Fsp3) is 0.300. The van der Waals surface area contributed by atoms with E-state index >= 15 is 0 Å². The third kappa shape index (κ3) is 3.53. The number of nitro groups is 1. The van der Waals surface area contributed by atoms with E-state index in [2.05, 4.69) is 15.2 Å². The van der Waals surface area contributed by atoms with Crippen LogP contribution in [0.1, 0.15) is 19.8 Å². The molecule has 0 spiro atoms. The molecule has 0 aliphatic carbocycles. The molecule has 166 valence electrons. The molecule has 1 saturated heterocycles. The number of benzene rings is 2. The lowest BCUT2D eigenvalue weighted by Crippen LogP contribution is -2.39. The Kier molecular flexibility index (Phi) is 5.14. The molecule has 2 aromatic carbocycles. The number of sulfonamides is 1. The van der Waals surface area contributed by atoms with E-state index < -0.39 is 14.9 Å². The Labute approximate surface area is 187 Å². The molecule has 12 heteroatoms. The van der Waals surface area contributed by atoms with Crippen molar-refractivity contribution in [1.29, 1.82) is 0 Å². The van der Waals surface area contributed by atoms with Gasteiger partial charge in [0.2, 0.25) is 15.8 Å². The van der Waals surface area contributed by atoms with Crippen LogP contribution in [0.4, 0.5) is 5.69 Å². The van der Waals surface area contributed by atoms with Crippen LogP contribution in [0.2, 0.25) is 0 Å². The van der Waals surface area contributed by atoms with Crippen LogP contribution >= 0.6 is 11.8 Å². The van der Waals surface area contributed by atoms with Gasteiger partial charge in [0.25, 0.3) is 5.69 Å². The molecule has 1 N–H and O–H groups in total. The van der Waals surface area contributed by atoms with Crippen LogP contribution in [0, 0.1) is 16.0 Å². The third-order valence-corrected chi connectivity index (χ3v) is 8.47. The lowest BCUT2D eigenvalue weighted by atomic mass is 10.0. The molecule has 0 amide bonds. The number of rotatable bonds is 5. The summed E-state index contributed by atoms with van der Waals surface area (Å²) in [6, 6.07) is 11.6. The SMILES string of the molecule is CC1CCCN(S(=O)(=O)c2ccc(Sc3n[nH]c4nc5ccccc5n34)c([N+](=O)[O-])c2)C1. The first-order valence-corrected chi connectivity index (χ1v) is 12.4. The number of imidazole rings is 1. The van der Waals surface area contributed by atoms with Crippen LogP contribution in [-0.4, -0.2) is 50.3 Å². The Morgan fingerprint density at radius 3 is 2.84 bits per heavy atom. The molecular weight excluding hydrogens is 452 g/mol. The maximum Gasteiger partial charge on any atom is 0.284 e. The fourth-order valence-electron chi connectivity index (χ4n) is 4.01. The molecule has 4 aromatic rings. The van der Waals surface area contributed by atoms with Crippen molar-refractivity contribution >= 4 is 44.3 Å². The topological polar surface area (TPSA) is 126 Å². The summed E-state index contributed by atoms with van der Waals surface area (Å²) in [7, 11) is -3.80. The summed E-state index contributed by atoms with van der Waals surface area (Å²) in [5.74, 6) is 0.783. The zero-order chi connectivity index (χ0) is 22.5. The lowest BCUT2D eigenvalue weighted by Gasteiger charge is -2.30. The van der Waals surface area contributed by atoms with Crippen molar-refractivity contribution in [3.63, 3.8) is 0 Å². The van der Waals surface area contributed by atoms with Crippen LogP contribution < -0.4 is 0 Å². The van der Waals surface area contributed by atoms with Gasteiger partial charge in [0.15, 0.2) is 5.16 Å². The zero-order valence-corrected chi connectivity index (χ0v) is 18.8. The second-order valence-electron chi connectivity index (χ2n) is 7.86. The van der Waals surface area contributed by atoms with Crippen molar-refractivity contribution in [3.8, 4) is 0 Å². The number of fused-ring (bicyclic) bond motifs is 3. The number of hydrogen-bond acceptors (Lipinski definition) is 7. The van der Waals surface area contributed by atoms with Crippen molar-refractivity contribution in [1.82, 2.24) is 23.9 Å². The predicted molar refractivity (Wildman–Crippen MR) is 119 cm³/mol. The first-order chi connectivity index (χ1) is 15.3. The molecule has 5 rings (SSSR count). The molecule has 1 unspecified atom stereocenters. The molecular formula is C20H20N6O4S2. The van der Waals surface area contributed by atoms with E-state index in [1.807, 2.05) is 31.2 Å². The molecule has 32 heavy (non-hydrogen) atoms. The Morgan fingerprint density at radius 2 is 2.06 bits per heavy atom. The van der Waals surface area contributed by atoms with E-state index in [-0.39, 0.29) is 16.5 Å². The minimum Gasteiger partial charge on any atom is -0.258 e. The van der Waals surface area contributed by atoms with Gasteiger partial charge in [-0.05, 0) is 54.8 Å². The largest absolute Gasteiger partial charge is 0.284 e. The minimum absolute atomic E-state index is 0.0668. The summed E-state index contributed by atoms with van der Waals surface area (Å²) in [5.41, 5.74) is 1.32. The van der Waals surface area contributed by atoms with Crippen LogP contribution in [0.25, 0.3) is 16.8 Å². The Morgan fingerprint density at radius 1 is 1.25 bits per heavy atom. The molecule has 1 fully saturated rings. The van der Waals surface area contributed by atoms with Crippen LogP contribution in [-0.2, 0) is 10.0 Å². The highest BCUT2D eigenvalue weighted by molar-refractivity contribution is 7.99. The van der Waals surface area contributed by atoms with Gasteiger partial charge in [-0.2, -0.15) is 4.31 Å². The van der Waals surface area contributed by atoms with E-state index in [0.29, 0.717) is 28.9 Å². The molecule has 0 radical (unpaired) electrons. The van der Waals surface area contributed by atoms with Crippen LogP contribution in [0.3, 0.4) is 0 Å². The van der Waals surface area contributed by atoms with Crippen molar-refractivity contribution in [2.45, 2.75) is 34.7 Å². The maximum absolute atomic E-state index is 13.1. The van der Waals surface area contributed by atoms with Crippen molar-refractivity contribution < 1.29 is 13.3 Å². The van der Waals surface area contributed by atoms with Crippen molar-refractivity contribution in [2.75, 3.05) is 13.1 Å². The molecule has 1 atom stereocenters. The second-order valence-corrected chi connectivity index (χ2v) is 10.8. The van der Waals surface area contributed by atoms with Gasteiger partial charge in [0, 0.05) is 19.2 Å². The average molecular weight is 473 g/mol. The van der Waals surface area contributed by atoms with Gasteiger partial charge in [0.05, 0.1) is 25.7 Å². The van der Waals surface area contributed by atoms with Gasteiger partial charge >= 0.3 is 0 Å². The summed E-state index contributed by atoms with van der Waals surface area (Å²) in [4.78, 5) is 15.9. The quantitative estimate of drug-likeness (QED) is 0.347. The number of aromatic nitrogens is 4. The fourth-order valence-corrected chi connectivity index (χ4v) is 6.57. The number of H-pyrrole nitrogens is 1. The molecule has 0 saturated carbocycles. The first kappa shape index (κ1) is 20.9. The maximum atomic E-state index is 13.1. The molecule has 2 aromatic heterocycles. The van der Waals surface area contributed by atoms with Gasteiger partial charge in [-0.1, -0.05) is 19.1 Å². The van der Waals surface area contributed by atoms with E-state index in [1.54, 1.807) is 4.40 Å². The van der Waals surface area contributed by atoms with Gasteiger partial charge in [-0.15, -0.1) is 5.10 Å². The smallest absolute Gasteiger partial charge is 0.258 e. The van der Waals surface area contributed by atoms with E-state index in [9.17, 15) is 18.5 Å². The minimum atomic E-state index is -3.80. The van der Waals surface area contributed by atoms with E-state index in [4.69, 9.17) is 0 Å². The lowest BCUT2D eigenvalue weighted by molar-refractivity contribution is -0.388. The van der Waals surface area contributed by atoms with Gasteiger partial charge < -0.3 is 0 Å². The summed E-state index contributed by atoms with van der Waals surface area (Å²) in [6.45, 7) is 2.86. The monoisotopic (exact) mass is 472 g/mol. The van der Waals surface area contributed by atoms with Gasteiger partial charge in [-0.25, -0.2) is 18.5 Å². The van der Waals surface area contributed by atoms with E-state index in [1.165, 1.54) is 16.4 Å². The first-order valence-electron chi connectivity index (χ1n) is 10.1. The van der Waals surface area contributed by atoms with E-state index in [0.717, 1.165) is 41.7 Å².